The van der Waals surface area contributed by atoms with E-state index in [0.717, 1.165) is 52.0 Å². The van der Waals surface area contributed by atoms with E-state index < -0.39 is 0 Å². The van der Waals surface area contributed by atoms with Crippen molar-refractivity contribution in [1.82, 2.24) is 30.4 Å². The van der Waals surface area contributed by atoms with Crippen LogP contribution < -0.4 is 5.32 Å². The summed E-state index contributed by atoms with van der Waals surface area (Å²) >= 11 is 0. The maximum absolute atomic E-state index is 13.0. The Labute approximate surface area is 217 Å². The van der Waals surface area contributed by atoms with Crippen LogP contribution in [0, 0.1) is 13.8 Å². The number of nitrogens with zero attached hydrogens (tertiary/aromatic N) is 4. The molecule has 1 aromatic carbocycles. The average molecular weight is 501 g/mol. The van der Waals surface area contributed by atoms with Gasteiger partial charge in [-0.3, -0.25) is 9.78 Å². The highest BCUT2D eigenvalue weighted by Gasteiger charge is 2.27. The Bertz CT molecular complexity index is 1410. The van der Waals surface area contributed by atoms with Crippen LogP contribution in [0.5, 0.6) is 0 Å². The van der Waals surface area contributed by atoms with Crippen LogP contribution in [0.2, 0.25) is 0 Å². The van der Waals surface area contributed by atoms with Gasteiger partial charge < -0.3 is 19.6 Å². The van der Waals surface area contributed by atoms with Crippen molar-refractivity contribution in [2.75, 3.05) is 13.1 Å². The van der Waals surface area contributed by atoms with E-state index in [4.69, 9.17) is 4.42 Å². The Hall–Kier alpha value is -3.52. The van der Waals surface area contributed by atoms with Crippen LogP contribution in [0.3, 0.4) is 0 Å². The van der Waals surface area contributed by atoms with Crippen molar-refractivity contribution < 1.29 is 9.21 Å². The molecule has 8 heteroatoms. The maximum atomic E-state index is 13.0. The predicted molar refractivity (Wildman–Crippen MR) is 146 cm³/mol. The quantitative estimate of drug-likeness (QED) is 0.356. The highest BCUT2D eigenvalue weighted by Crippen LogP contribution is 2.37. The van der Waals surface area contributed by atoms with Crippen molar-refractivity contribution in [3.05, 3.63) is 53.2 Å². The van der Waals surface area contributed by atoms with E-state index in [-0.39, 0.29) is 11.8 Å². The van der Waals surface area contributed by atoms with Crippen LogP contribution >= 0.6 is 0 Å². The topological polar surface area (TPSA) is 99.9 Å². The van der Waals surface area contributed by atoms with E-state index in [1.54, 1.807) is 0 Å². The van der Waals surface area contributed by atoms with Crippen molar-refractivity contribution in [3.8, 4) is 22.7 Å². The Morgan fingerprint density at radius 1 is 1.03 bits per heavy atom. The summed E-state index contributed by atoms with van der Waals surface area (Å²) in [5.41, 5.74) is 7.30. The smallest absolute Gasteiger partial charge is 0.311 e. The van der Waals surface area contributed by atoms with Crippen molar-refractivity contribution in [3.63, 3.8) is 0 Å². The van der Waals surface area contributed by atoms with Gasteiger partial charge in [0.2, 0.25) is 5.89 Å². The molecule has 0 atom stereocenters. The molecular weight excluding hydrogens is 464 g/mol. The molecule has 2 N–H and O–H groups in total. The molecule has 8 nitrogen and oxygen atoms in total. The molecule has 0 spiro atoms. The lowest BCUT2D eigenvalue weighted by Gasteiger charge is -2.32. The number of amides is 1. The van der Waals surface area contributed by atoms with Gasteiger partial charge >= 0.3 is 11.8 Å². The second-order valence-corrected chi connectivity index (χ2v) is 10.8. The zero-order chi connectivity index (χ0) is 26.3. The number of aryl methyl sites for hydroxylation is 2. The first kappa shape index (κ1) is 25.1. The number of pyridine rings is 1. The van der Waals surface area contributed by atoms with Crippen LogP contribution in [0.25, 0.3) is 33.6 Å². The number of hydrogen-bond donors (Lipinski definition) is 2. The lowest BCUT2D eigenvalue weighted by Crippen LogP contribution is -2.46. The van der Waals surface area contributed by atoms with Gasteiger partial charge in [0.25, 0.3) is 0 Å². The fraction of sp³-hybridized carbons (Fsp3) is 0.448. The molecule has 194 valence electrons. The van der Waals surface area contributed by atoms with E-state index in [1.165, 1.54) is 5.56 Å². The molecule has 0 unspecified atom stereocenters. The number of hydrogen-bond acceptors (Lipinski definition) is 6. The lowest BCUT2D eigenvalue weighted by molar-refractivity contribution is 0.0663. The molecule has 1 saturated heterocycles. The molecule has 5 rings (SSSR count). The van der Waals surface area contributed by atoms with E-state index >= 15 is 0 Å². The van der Waals surface area contributed by atoms with Crippen LogP contribution in [0.1, 0.15) is 74.1 Å². The van der Waals surface area contributed by atoms with Gasteiger partial charge in [-0.05, 0) is 68.5 Å². The standard InChI is InChI=1S/C29H36N6O2/c1-16(2)25-23-15-20(7-8-24(23)32-26(25)21-13-18(5)31-19(6)14-21)27-33-34-28(37-27)29(36)35-11-9-22(10-12-35)30-17(3)4/h7-8,13-17,22,30,32H,9-12H2,1-6H3. The number of fused-ring (bicyclic) bond motifs is 1. The van der Waals surface area contributed by atoms with Crippen molar-refractivity contribution in [2.24, 2.45) is 0 Å². The van der Waals surface area contributed by atoms with Gasteiger partial charge in [0, 0.05) is 58.6 Å². The summed E-state index contributed by atoms with van der Waals surface area (Å²) in [6.45, 7) is 14.1. The van der Waals surface area contributed by atoms with Gasteiger partial charge in [-0.15, -0.1) is 10.2 Å². The van der Waals surface area contributed by atoms with Gasteiger partial charge in [0.1, 0.15) is 0 Å². The van der Waals surface area contributed by atoms with Crippen LogP contribution in [-0.2, 0) is 0 Å². The third kappa shape index (κ3) is 5.16. The Kier molecular flexibility index (Phi) is 6.86. The molecule has 0 aliphatic carbocycles. The summed E-state index contributed by atoms with van der Waals surface area (Å²) in [5, 5.41) is 13.0. The Morgan fingerprint density at radius 2 is 1.73 bits per heavy atom. The van der Waals surface area contributed by atoms with Crippen LogP contribution in [-0.4, -0.2) is 56.1 Å². The van der Waals surface area contributed by atoms with Gasteiger partial charge in [0.15, 0.2) is 0 Å². The zero-order valence-electron chi connectivity index (χ0n) is 22.6. The molecule has 4 aromatic rings. The van der Waals surface area contributed by atoms with E-state index in [1.807, 2.05) is 30.9 Å². The first-order chi connectivity index (χ1) is 17.7. The number of benzene rings is 1. The maximum Gasteiger partial charge on any atom is 0.311 e. The number of likely N-dealkylation sites (tertiary alicyclic amines) is 1. The fourth-order valence-electron chi connectivity index (χ4n) is 5.43. The van der Waals surface area contributed by atoms with E-state index in [9.17, 15) is 4.79 Å². The number of nitrogens with one attached hydrogen (secondary N) is 2. The first-order valence-corrected chi connectivity index (χ1v) is 13.2. The van der Waals surface area contributed by atoms with Gasteiger partial charge in [0.05, 0.1) is 5.69 Å². The van der Waals surface area contributed by atoms with Gasteiger partial charge in [-0.25, -0.2) is 0 Å². The molecule has 0 radical (unpaired) electrons. The molecule has 4 heterocycles. The first-order valence-electron chi connectivity index (χ1n) is 13.2. The number of carbonyl (C=O) groups is 1. The molecule has 1 fully saturated rings. The number of H-pyrrole nitrogens is 1. The molecule has 1 aliphatic rings. The number of carbonyl (C=O) groups excluding carboxylic acids is 1. The second-order valence-electron chi connectivity index (χ2n) is 10.8. The minimum absolute atomic E-state index is 0.0481. The molecule has 0 saturated carbocycles. The molecule has 37 heavy (non-hydrogen) atoms. The molecule has 3 aromatic heterocycles. The minimum atomic E-state index is -0.196. The summed E-state index contributed by atoms with van der Waals surface area (Å²) in [7, 11) is 0. The Balaban J connectivity index is 1.42. The normalized spacial score (nSPS) is 14.9. The number of piperidine rings is 1. The highest BCUT2D eigenvalue weighted by molar-refractivity contribution is 5.94. The predicted octanol–water partition coefficient (Wildman–Crippen LogP) is 5.62. The largest absolute Gasteiger partial charge is 0.412 e. The third-order valence-corrected chi connectivity index (χ3v) is 6.99. The zero-order valence-corrected chi connectivity index (χ0v) is 22.6. The summed E-state index contributed by atoms with van der Waals surface area (Å²) < 4.78 is 5.90. The van der Waals surface area contributed by atoms with Gasteiger partial charge in [-0.2, -0.15) is 0 Å². The number of rotatable bonds is 6. The molecule has 1 amide bonds. The van der Waals surface area contributed by atoms with E-state index in [2.05, 4.69) is 71.4 Å². The summed E-state index contributed by atoms with van der Waals surface area (Å²) in [5.74, 6) is 0.500. The van der Waals surface area contributed by atoms with Crippen molar-refractivity contribution in [1.29, 1.82) is 0 Å². The second kappa shape index (κ2) is 10.1. The minimum Gasteiger partial charge on any atom is -0.412 e. The van der Waals surface area contributed by atoms with E-state index in [0.29, 0.717) is 37.0 Å². The Morgan fingerprint density at radius 3 is 2.38 bits per heavy atom. The van der Waals surface area contributed by atoms with Gasteiger partial charge in [-0.1, -0.05) is 27.7 Å². The summed E-state index contributed by atoms with van der Waals surface area (Å²) in [4.78, 5) is 23.0. The monoisotopic (exact) mass is 500 g/mol. The van der Waals surface area contributed by atoms with Crippen molar-refractivity contribution >= 4 is 16.8 Å². The molecule has 1 aliphatic heterocycles. The fourth-order valence-corrected chi connectivity index (χ4v) is 5.43. The highest BCUT2D eigenvalue weighted by atomic mass is 16.4. The lowest BCUT2D eigenvalue weighted by atomic mass is 9.95. The van der Waals surface area contributed by atoms with Crippen LogP contribution in [0.4, 0.5) is 0 Å². The number of aromatic nitrogens is 4. The SMILES string of the molecule is Cc1cc(-c2[nH]c3ccc(-c4nnc(C(=O)N5CCC(NC(C)C)CC5)o4)cc3c2C(C)C)cc(C)n1. The third-order valence-electron chi connectivity index (χ3n) is 6.99. The number of aromatic amines is 1. The van der Waals surface area contributed by atoms with Crippen LogP contribution in [0.15, 0.2) is 34.7 Å². The molecular formula is C29H36N6O2. The van der Waals surface area contributed by atoms with Crippen molar-refractivity contribution in [2.45, 2.75) is 72.4 Å². The summed E-state index contributed by atoms with van der Waals surface area (Å²) in [6.07, 6.45) is 1.85. The average Bonchev–Trinajstić information content (AvgIpc) is 3.48. The molecule has 0 bridgehead atoms. The summed E-state index contributed by atoms with van der Waals surface area (Å²) in [6, 6.07) is 11.2.